The van der Waals surface area contributed by atoms with E-state index in [1.54, 1.807) is 11.3 Å². The molecule has 0 aliphatic heterocycles. The zero-order chi connectivity index (χ0) is 13.1. The Morgan fingerprint density at radius 3 is 2.67 bits per heavy atom. The first kappa shape index (κ1) is 13.6. The van der Waals surface area contributed by atoms with Crippen molar-refractivity contribution in [2.45, 2.75) is 33.4 Å². The van der Waals surface area contributed by atoms with Crippen LogP contribution >= 0.6 is 22.9 Å². The van der Waals surface area contributed by atoms with Crippen molar-refractivity contribution in [2.75, 3.05) is 0 Å². The van der Waals surface area contributed by atoms with Gasteiger partial charge in [0.2, 0.25) is 0 Å². The predicted molar refractivity (Wildman–Crippen MR) is 80.5 cm³/mol. The lowest BCUT2D eigenvalue weighted by Crippen LogP contribution is -2.18. The third-order valence-corrected chi connectivity index (χ3v) is 4.34. The van der Waals surface area contributed by atoms with Gasteiger partial charge in [-0.3, -0.25) is 0 Å². The average Bonchev–Trinajstić information content (AvgIpc) is 2.75. The van der Waals surface area contributed by atoms with Crippen LogP contribution < -0.4 is 5.32 Å². The summed E-state index contributed by atoms with van der Waals surface area (Å²) in [5, 5.41) is 3.55. The molecule has 0 spiro atoms. The summed E-state index contributed by atoms with van der Waals surface area (Å²) in [5.41, 5.74) is 4.02. The van der Waals surface area contributed by atoms with Gasteiger partial charge in [0.15, 0.2) is 0 Å². The van der Waals surface area contributed by atoms with Gasteiger partial charge in [-0.1, -0.05) is 35.4 Å². The molecule has 1 nitrogen and oxygen atoms in total. The summed E-state index contributed by atoms with van der Waals surface area (Å²) in [6.45, 7) is 7.37. The quantitative estimate of drug-likeness (QED) is 0.842. The van der Waals surface area contributed by atoms with Gasteiger partial charge in [-0.2, -0.15) is 0 Å². The van der Waals surface area contributed by atoms with E-state index in [9.17, 15) is 0 Å². The van der Waals surface area contributed by atoms with Crippen molar-refractivity contribution in [3.63, 3.8) is 0 Å². The molecule has 0 aliphatic rings. The molecule has 0 aliphatic carbocycles. The number of aryl methyl sites for hydroxylation is 2. The molecule has 96 valence electrons. The molecular formula is C15H18ClNS. The molecule has 1 aromatic carbocycles. The van der Waals surface area contributed by atoms with Crippen LogP contribution in [0.25, 0.3) is 0 Å². The zero-order valence-electron chi connectivity index (χ0n) is 11.0. The molecule has 1 atom stereocenters. The van der Waals surface area contributed by atoms with Crippen molar-refractivity contribution in [2.24, 2.45) is 0 Å². The third-order valence-electron chi connectivity index (χ3n) is 3.11. The van der Waals surface area contributed by atoms with Crippen LogP contribution in [-0.2, 0) is 6.54 Å². The Bertz CT molecular complexity index is 533. The third kappa shape index (κ3) is 3.35. The Morgan fingerprint density at radius 2 is 2.00 bits per heavy atom. The van der Waals surface area contributed by atoms with Crippen LogP contribution in [0.4, 0.5) is 0 Å². The second-order valence-corrected chi connectivity index (χ2v) is 6.47. The van der Waals surface area contributed by atoms with Crippen LogP contribution in [0.1, 0.15) is 34.5 Å². The predicted octanol–water partition coefficient (Wildman–Crippen LogP) is 4.87. The van der Waals surface area contributed by atoms with Gasteiger partial charge in [0.25, 0.3) is 0 Å². The number of rotatable bonds is 4. The fourth-order valence-corrected chi connectivity index (χ4v) is 3.08. The standard InChI is InChI=1S/C15H18ClNS/c1-10-4-5-11(2)14(8-10)12(3)17-9-13-6-7-15(16)18-13/h4-8,12,17H,9H2,1-3H3. The number of nitrogens with one attached hydrogen (secondary N) is 1. The smallest absolute Gasteiger partial charge is 0.0931 e. The molecule has 1 N–H and O–H groups in total. The van der Waals surface area contributed by atoms with Crippen LogP contribution in [0.2, 0.25) is 4.34 Å². The number of hydrogen-bond acceptors (Lipinski definition) is 2. The lowest BCUT2D eigenvalue weighted by Gasteiger charge is -2.16. The Balaban J connectivity index is 2.03. The summed E-state index contributed by atoms with van der Waals surface area (Å²) < 4.78 is 0.853. The molecule has 0 saturated heterocycles. The highest BCUT2D eigenvalue weighted by atomic mass is 35.5. The van der Waals surface area contributed by atoms with E-state index in [2.05, 4.69) is 50.4 Å². The molecular weight excluding hydrogens is 262 g/mol. The minimum Gasteiger partial charge on any atom is -0.305 e. The van der Waals surface area contributed by atoms with E-state index >= 15 is 0 Å². The molecule has 0 bridgehead atoms. The first-order chi connectivity index (χ1) is 8.56. The lowest BCUT2D eigenvalue weighted by atomic mass is 10.00. The van der Waals surface area contributed by atoms with Gasteiger partial charge in [0, 0.05) is 17.5 Å². The molecule has 1 unspecified atom stereocenters. The van der Waals surface area contributed by atoms with E-state index in [-0.39, 0.29) is 0 Å². The molecule has 0 amide bonds. The lowest BCUT2D eigenvalue weighted by molar-refractivity contribution is 0.576. The highest BCUT2D eigenvalue weighted by Crippen LogP contribution is 2.23. The number of hydrogen-bond donors (Lipinski definition) is 1. The van der Waals surface area contributed by atoms with E-state index in [0.29, 0.717) is 6.04 Å². The van der Waals surface area contributed by atoms with Crippen molar-refractivity contribution in [1.29, 1.82) is 0 Å². The van der Waals surface area contributed by atoms with Gasteiger partial charge >= 0.3 is 0 Å². The topological polar surface area (TPSA) is 12.0 Å². The van der Waals surface area contributed by atoms with Gasteiger partial charge < -0.3 is 5.32 Å². The first-order valence-corrected chi connectivity index (χ1v) is 7.30. The van der Waals surface area contributed by atoms with Gasteiger partial charge in [-0.25, -0.2) is 0 Å². The van der Waals surface area contributed by atoms with Gasteiger partial charge in [-0.15, -0.1) is 11.3 Å². The van der Waals surface area contributed by atoms with E-state index in [1.165, 1.54) is 21.6 Å². The maximum atomic E-state index is 5.93. The van der Waals surface area contributed by atoms with Crippen molar-refractivity contribution >= 4 is 22.9 Å². The van der Waals surface area contributed by atoms with Gasteiger partial charge in [0.1, 0.15) is 0 Å². The highest BCUT2D eigenvalue weighted by Gasteiger charge is 2.08. The zero-order valence-corrected chi connectivity index (χ0v) is 12.5. The Kier molecular flexibility index (Phi) is 4.44. The Morgan fingerprint density at radius 1 is 1.22 bits per heavy atom. The summed E-state index contributed by atoms with van der Waals surface area (Å²) in [7, 11) is 0. The molecule has 2 aromatic rings. The first-order valence-electron chi connectivity index (χ1n) is 6.11. The van der Waals surface area contributed by atoms with Crippen LogP contribution in [-0.4, -0.2) is 0 Å². The van der Waals surface area contributed by atoms with Crippen molar-refractivity contribution < 1.29 is 0 Å². The second kappa shape index (κ2) is 5.87. The monoisotopic (exact) mass is 279 g/mol. The minimum absolute atomic E-state index is 0.353. The molecule has 3 heteroatoms. The molecule has 1 aromatic heterocycles. The van der Waals surface area contributed by atoms with E-state index in [4.69, 9.17) is 11.6 Å². The molecule has 1 heterocycles. The molecule has 0 saturated carbocycles. The minimum atomic E-state index is 0.353. The summed E-state index contributed by atoms with van der Waals surface area (Å²) in [5.74, 6) is 0. The number of halogens is 1. The van der Waals surface area contributed by atoms with Gasteiger partial charge in [0.05, 0.1) is 4.34 Å². The van der Waals surface area contributed by atoms with Gasteiger partial charge in [-0.05, 0) is 44.0 Å². The Hall–Kier alpha value is -0.830. The van der Waals surface area contributed by atoms with E-state index in [1.807, 2.05) is 6.07 Å². The van der Waals surface area contributed by atoms with E-state index in [0.717, 1.165) is 10.9 Å². The fourth-order valence-electron chi connectivity index (χ4n) is 2.04. The summed E-state index contributed by atoms with van der Waals surface area (Å²) >= 11 is 7.56. The summed E-state index contributed by atoms with van der Waals surface area (Å²) in [6, 6.07) is 11.0. The largest absolute Gasteiger partial charge is 0.305 e. The summed E-state index contributed by atoms with van der Waals surface area (Å²) in [4.78, 5) is 1.28. The van der Waals surface area contributed by atoms with Crippen LogP contribution in [0.3, 0.4) is 0 Å². The fraction of sp³-hybridized carbons (Fsp3) is 0.333. The Labute approximate surface area is 118 Å². The normalized spacial score (nSPS) is 12.7. The van der Waals surface area contributed by atoms with Crippen LogP contribution in [0, 0.1) is 13.8 Å². The average molecular weight is 280 g/mol. The van der Waals surface area contributed by atoms with Crippen molar-refractivity contribution in [3.8, 4) is 0 Å². The maximum absolute atomic E-state index is 5.93. The second-order valence-electron chi connectivity index (χ2n) is 4.67. The maximum Gasteiger partial charge on any atom is 0.0931 e. The molecule has 2 rings (SSSR count). The summed E-state index contributed by atoms with van der Waals surface area (Å²) in [6.07, 6.45) is 0. The van der Waals surface area contributed by atoms with Crippen LogP contribution in [0.15, 0.2) is 30.3 Å². The number of benzene rings is 1. The van der Waals surface area contributed by atoms with Crippen molar-refractivity contribution in [3.05, 3.63) is 56.2 Å². The molecule has 0 radical (unpaired) electrons. The van der Waals surface area contributed by atoms with E-state index < -0.39 is 0 Å². The SMILES string of the molecule is Cc1ccc(C)c(C(C)NCc2ccc(Cl)s2)c1. The highest BCUT2D eigenvalue weighted by molar-refractivity contribution is 7.16. The molecule has 0 fully saturated rings. The van der Waals surface area contributed by atoms with Crippen LogP contribution in [0.5, 0.6) is 0 Å². The molecule has 18 heavy (non-hydrogen) atoms. The number of thiophene rings is 1. The van der Waals surface area contributed by atoms with Crippen molar-refractivity contribution in [1.82, 2.24) is 5.32 Å².